The Morgan fingerprint density at radius 3 is 2.46 bits per heavy atom. The second-order valence-electron chi connectivity index (χ2n) is 5.81. The number of nitriles is 1. The molecule has 0 saturated carbocycles. The maximum absolute atomic E-state index is 12.3. The van der Waals surface area contributed by atoms with Gasteiger partial charge in [-0.25, -0.2) is 0 Å². The summed E-state index contributed by atoms with van der Waals surface area (Å²) in [6.07, 6.45) is 1.44. The van der Waals surface area contributed by atoms with Crippen LogP contribution in [0.5, 0.6) is 0 Å². The zero-order valence-corrected chi connectivity index (χ0v) is 14.4. The molecule has 0 heterocycles. The van der Waals surface area contributed by atoms with E-state index in [1.165, 1.54) is 11.8 Å². The van der Waals surface area contributed by atoms with Gasteiger partial charge in [0.1, 0.15) is 11.6 Å². The SMILES string of the molecule is Cc1ccc(N/C=C(/C#N)C(=O)Nc2cccc(C)c2C)cc1C. The molecule has 0 atom stereocenters. The normalized spacial score (nSPS) is 10.9. The van der Waals surface area contributed by atoms with Crippen molar-refractivity contribution in [2.45, 2.75) is 27.7 Å². The second-order valence-corrected chi connectivity index (χ2v) is 5.81. The van der Waals surface area contributed by atoms with Gasteiger partial charge in [-0.2, -0.15) is 5.26 Å². The zero-order chi connectivity index (χ0) is 17.7. The van der Waals surface area contributed by atoms with Gasteiger partial charge in [-0.15, -0.1) is 0 Å². The van der Waals surface area contributed by atoms with Crippen molar-refractivity contribution in [2.75, 3.05) is 10.6 Å². The van der Waals surface area contributed by atoms with Gasteiger partial charge < -0.3 is 10.6 Å². The molecule has 2 rings (SSSR count). The quantitative estimate of drug-likeness (QED) is 0.649. The van der Waals surface area contributed by atoms with E-state index in [0.717, 1.165) is 22.4 Å². The Hall–Kier alpha value is -3.06. The molecule has 2 aromatic carbocycles. The van der Waals surface area contributed by atoms with E-state index in [1.54, 1.807) is 0 Å². The van der Waals surface area contributed by atoms with Gasteiger partial charge in [-0.1, -0.05) is 18.2 Å². The summed E-state index contributed by atoms with van der Waals surface area (Å²) >= 11 is 0. The van der Waals surface area contributed by atoms with Crippen molar-refractivity contribution in [3.8, 4) is 6.07 Å². The van der Waals surface area contributed by atoms with Crippen LogP contribution in [0.15, 0.2) is 48.2 Å². The molecule has 0 aromatic heterocycles. The minimum Gasteiger partial charge on any atom is -0.360 e. The molecule has 0 radical (unpaired) electrons. The van der Waals surface area contributed by atoms with Gasteiger partial charge in [0.25, 0.3) is 5.91 Å². The van der Waals surface area contributed by atoms with Gasteiger partial charge in [-0.05, 0) is 68.1 Å². The van der Waals surface area contributed by atoms with Gasteiger partial charge in [0.2, 0.25) is 0 Å². The van der Waals surface area contributed by atoms with E-state index < -0.39 is 5.91 Å². The Labute approximate surface area is 142 Å². The smallest absolute Gasteiger partial charge is 0.267 e. The molecule has 122 valence electrons. The highest BCUT2D eigenvalue weighted by molar-refractivity contribution is 6.07. The highest BCUT2D eigenvalue weighted by atomic mass is 16.1. The Kier molecular flexibility index (Phi) is 5.39. The molecule has 2 aromatic rings. The minimum atomic E-state index is -0.428. The van der Waals surface area contributed by atoms with Crippen LogP contribution in [-0.4, -0.2) is 5.91 Å². The summed E-state index contributed by atoms with van der Waals surface area (Å²) in [4.78, 5) is 12.3. The van der Waals surface area contributed by atoms with Gasteiger partial charge in [-0.3, -0.25) is 4.79 Å². The van der Waals surface area contributed by atoms with Gasteiger partial charge >= 0.3 is 0 Å². The number of carbonyl (C=O) groups excluding carboxylic acids is 1. The molecule has 0 fully saturated rings. The van der Waals surface area contributed by atoms with Crippen LogP contribution in [0.25, 0.3) is 0 Å². The number of rotatable bonds is 4. The maximum Gasteiger partial charge on any atom is 0.267 e. The third-order valence-electron chi connectivity index (χ3n) is 4.11. The number of amides is 1. The third kappa shape index (κ3) is 4.02. The van der Waals surface area contributed by atoms with Crippen molar-refractivity contribution >= 4 is 17.3 Å². The topological polar surface area (TPSA) is 64.9 Å². The molecule has 0 aliphatic rings. The Bertz CT molecular complexity index is 844. The molecule has 1 amide bonds. The van der Waals surface area contributed by atoms with Crippen molar-refractivity contribution in [1.29, 1.82) is 5.26 Å². The number of carbonyl (C=O) groups is 1. The minimum absolute atomic E-state index is 0.0223. The van der Waals surface area contributed by atoms with Gasteiger partial charge in [0.05, 0.1) is 0 Å². The molecule has 0 saturated heterocycles. The Morgan fingerprint density at radius 2 is 1.79 bits per heavy atom. The summed E-state index contributed by atoms with van der Waals surface area (Å²) < 4.78 is 0. The molecule has 2 N–H and O–H groups in total. The number of hydrogen-bond acceptors (Lipinski definition) is 3. The van der Waals surface area contributed by atoms with Crippen molar-refractivity contribution in [2.24, 2.45) is 0 Å². The molecule has 0 aliphatic carbocycles. The molecular weight excluding hydrogens is 298 g/mol. The number of nitrogens with one attached hydrogen (secondary N) is 2. The fourth-order valence-corrected chi connectivity index (χ4v) is 2.21. The molecule has 0 aliphatic heterocycles. The standard InChI is InChI=1S/C20H21N3O/c1-13-8-9-18(10-15(13)3)22-12-17(11-21)20(24)23-19-7-5-6-14(2)16(19)4/h5-10,12,22H,1-4H3,(H,23,24)/b17-12-. The molecular formula is C20H21N3O. The number of anilines is 2. The summed E-state index contributed by atoms with van der Waals surface area (Å²) in [6.45, 7) is 7.97. The Balaban J connectivity index is 2.15. The van der Waals surface area contributed by atoms with Crippen molar-refractivity contribution in [3.05, 3.63) is 70.4 Å². The summed E-state index contributed by atoms with van der Waals surface area (Å²) in [7, 11) is 0. The largest absolute Gasteiger partial charge is 0.360 e. The summed E-state index contributed by atoms with van der Waals surface area (Å²) in [5.74, 6) is -0.428. The molecule has 0 bridgehead atoms. The first-order chi connectivity index (χ1) is 11.4. The number of aryl methyl sites for hydroxylation is 3. The van der Waals surface area contributed by atoms with E-state index in [-0.39, 0.29) is 5.57 Å². The average molecular weight is 319 g/mol. The van der Waals surface area contributed by atoms with Gasteiger partial charge in [0.15, 0.2) is 0 Å². The van der Waals surface area contributed by atoms with Crippen LogP contribution < -0.4 is 10.6 Å². The fourth-order valence-electron chi connectivity index (χ4n) is 2.21. The summed E-state index contributed by atoms with van der Waals surface area (Å²) in [5.41, 5.74) is 5.99. The van der Waals surface area contributed by atoms with E-state index in [0.29, 0.717) is 5.69 Å². The first-order valence-electron chi connectivity index (χ1n) is 7.74. The highest BCUT2D eigenvalue weighted by Gasteiger charge is 2.11. The van der Waals surface area contributed by atoms with Crippen LogP contribution in [0.4, 0.5) is 11.4 Å². The maximum atomic E-state index is 12.3. The van der Waals surface area contributed by atoms with E-state index in [9.17, 15) is 10.1 Å². The molecule has 0 unspecified atom stereocenters. The predicted octanol–water partition coefficient (Wildman–Crippen LogP) is 4.38. The number of hydrogen-bond donors (Lipinski definition) is 2. The van der Waals surface area contributed by atoms with Gasteiger partial charge in [0, 0.05) is 17.6 Å². The van der Waals surface area contributed by atoms with Crippen molar-refractivity contribution in [1.82, 2.24) is 0 Å². The predicted molar refractivity (Wildman–Crippen MR) is 97.8 cm³/mol. The first kappa shape index (κ1) is 17.3. The lowest BCUT2D eigenvalue weighted by molar-refractivity contribution is -0.112. The van der Waals surface area contributed by atoms with E-state index in [4.69, 9.17) is 0 Å². The molecule has 24 heavy (non-hydrogen) atoms. The third-order valence-corrected chi connectivity index (χ3v) is 4.11. The van der Waals surface area contributed by atoms with Crippen LogP contribution >= 0.6 is 0 Å². The fraction of sp³-hybridized carbons (Fsp3) is 0.200. The molecule has 4 nitrogen and oxygen atoms in total. The number of nitrogens with zero attached hydrogens (tertiary/aromatic N) is 1. The van der Waals surface area contributed by atoms with Crippen molar-refractivity contribution < 1.29 is 4.79 Å². The first-order valence-corrected chi connectivity index (χ1v) is 7.74. The van der Waals surface area contributed by atoms with E-state index in [1.807, 2.05) is 70.2 Å². The summed E-state index contributed by atoms with van der Waals surface area (Å²) in [5, 5.41) is 15.1. The lowest BCUT2D eigenvalue weighted by Crippen LogP contribution is -2.15. The van der Waals surface area contributed by atoms with E-state index >= 15 is 0 Å². The zero-order valence-electron chi connectivity index (χ0n) is 14.4. The monoisotopic (exact) mass is 319 g/mol. The van der Waals surface area contributed by atoms with Crippen LogP contribution in [0.3, 0.4) is 0 Å². The van der Waals surface area contributed by atoms with Crippen LogP contribution in [0.1, 0.15) is 22.3 Å². The van der Waals surface area contributed by atoms with E-state index in [2.05, 4.69) is 10.6 Å². The summed E-state index contributed by atoms with van der Waals surface area (Å²) in [6, 6.07) is 13.5. The van der Waals surface area contributed by atoms with Crippen LogP contribution in [0, 0.1) is 39.0 Å². The van der Waals surface area contributed by atoms with Crippen LogP contribution in [0.2, 0.25) is 0 Å². The van der Waals surface area contributed by atoms with Crippen molar-refractivity contribution in [3.63, 3.8) is 0 Å². The molecule has 4 heteroatoms. The van der Waals surface area contributed by atoms with Crippen LogP contribution in [-0.2, 0) is 4.79 Å². The molecule has 0 spiro atoms. The lowest BCUT2D eigenvalue weighted by atomic mass is 10.1. The average Bonchev–Trinajstić information content (AvgIpc) is 2.55. The Morgan fingerprint density at radius 1 is 1.04 bits per heavy atom. The second kappa shape index (κ2) is 7.47. The number of benzene rings is 2. The lowest BCUT2D eigenvalue weighted by Gasteiger charge is -2.10. The highest BCUT2D eigenvalue weighted by Crippen LogP contribution is 2.19.